The number of hydrogen-bond acceptors (Lipinski definition) is 6. The van der Waals surface area contributed by atoms with Crippen LogP contribution in [-0.2, 0) is 16.1 Å². The number of amides is 2. The first-order valence-electron chi connectivity index (χ1n) is 13.4. The average Bonchev–Trinajstić information content (AvgIpc) is 3.68. The average molecular weight is 635 g/mol. The molecule has 0 radical (unpaired) electrons. The summed E-state index contributed by atoms with van der Waals surface area (Å²) >= 11 is 2.17. The van der Waals surface area contributed by atoms with E-state index in [1.807, 2.05) is 30.3 Å². The van der Waals surface area contributed by atoms with Gasteiger partial charge in [0.05, 0.1) is 28.7 Å². The highest BCUT2D eigenvalue weighted by molar-refractivity contribution is 14.1. The largest absolute Gasteiger partial charge is 0.482 e. The lowest BCUT2D eigenvalue weighted by Crippen LogP contribution is -2.55. The molecule has 3 aliphatic carbocycles. The molecule has 1 heterocycles. The maximum Gasteiger partial charge on any atom is 0.247 e. The molecule has 2 saturated carbocycles. The predicted molar refractivity (Wildman–Crippen MR) is 149 cm³/mol. The number of nitrogens with zero attached hydrogens (tertiary/aromatic N) is 1. The Morgan fingerprint density at radius 3 is 2.71 bits per heavy atom. The molecule has 2 fully saturated rings. The molecular weight excluding hydrogens is 599 g/mol. The van der Waals surface area contributed by atoms with Crippen LogP contribution in [0.5, 0.6) is 5.75 Å². The molecule has 2 aromatic rings. The molecule has 5 rings (SSSR count). The Balaban J connectivity index is 1.43. The lowest BCUT2D eigenvalue weighted by Gasteiger charge is -2.41. The third kappa shape index (κ3) is 6.10. The van der Waals surface area contributed by atoms with Gasteiger partial charge >= 0.3 is 0 Å². The molecule has 6 atom stereocenters. The van der Waals surface area contributed by atoms with Gasteiger partial charge in [0.2, 0.25) is 11.8 Å². The molecular formula is C29H35IN2O6. The maximum absolute atomic E-state index is 13.9. The van der Waals surface area contributed by atoms with Gasteiger partial charge in [0.25, 0.3) is 0 Å². The standard InChI is InChI=1S/C29H35IN2O6/c30-23-3-1-2-4-25(23)38-26-14-22(29(36)31-8-9-33)13-24(28(26)35)32(16-19-7-10-37-17-19)27(34)15-21-12-18-5-6-20(21)11-18/h1-4,7,10,14,17-18,20-21,24,26,28,33,35H,5-6,8-9,11-13,15-16H2,(H,31,36)/t18?,20?,21?,24-,26+,28+/m1/s1. The van der Waals surface area contributed by atoms with Crippen LogP contribution in [0, 0.1) is 21.3 Å². The number of nitrogens with one attached hydrogen (secondary N) is 1. The van der Waals surface area contributed by atoms with Crippen molar-refractivity contribution in [2.45, 2.75) is 63.3 Å². The minimum atomic E-state index is -1.05. The Kier molecular flexibility index (Phi) is 8.74. The van der Waals surface area contributed by atoms with Crippen LogP contribution < -0.4 is 10.1 Å². The highest BCUT2D eigenvalue weighted by atomic mass is 127. The van der Waals surface area contributed by atoms with Gasteiger partial charge in [-0.1, -0.05) is 18.6 Å². The van der Waals surface area contributed by atoms with Crippen LogP contribution in [-0.4, -0.2) is 58.3 Å². The summed E-state index contributed by atoms with van der Waals surface area (Å²) in [5.74, 6) is 1.95. The third-order valence-electron chi connectivity index (χ3n) is 8.29. The van der Waals surface area contributed by atoms with Crippen LogP contribution in [0.2, 0.25) is 0 Å². The van der Waals surface area contributed by atoms with Crippen molar-refractivity contribution in [2.24, 2.45) is 17.8 Å². The van der Waals surface area contributed by atoms with Gasteiger partial charge in [-0.3, -0.25) is 9.59 Å². The second-order valence-electron chi connectivity index (χ2n) is 10.7. The minimum absolute atomic E-state index is 0.0159. The van der Waals surface area contributed by atoms with Crippen LogP contribution in [0.15, 0.2) is 58.9 Å². The number of furan rings is 1. The zero-order valence-corrected chi connectivity index (χ0v) is 23.5. The second kappa shape index (κ2) is 12.2. The number of rotatable bonds is 10. The normalized spacial score (nSPS) is 28.1. The molecule has 3 unspecified atom stereocenters. The molecule has 38 heavy (non-hydrogen) atoms. The van der Waals surface area contributed by atoms with E-state index in [9.17, 15) is 19.8 Å². The fourth-order valence-corrected chi connectivity index (χ4v) is 6.92. The smallest absolute Gasteiger partial charge is 0.247 e. The van der Waals surface area contributed by atoms with Crippen molar-refractivity contribution in [2.75, 3.05) is 13.2 Å². The van der Waals surface area contributed by atoms with Crippen molar-refractivity contribution in [1.82, 2.24) is 10.2 Å². The van der Waals surface area contributed by atoms with E-state index in [1.54, 1.807) is 23.5 Å². The van der Waals surface area contributed by atoms with E-state index in [-0.39, 0.29) is 37.9 Å². The highest BCUT2D eigenvalue weighted by Gasteiger charge is 2.44. The van der Waals surface area contributed by atoms with E-state index in [2.05, 4.69) is 27.9 Å². The van der Waals surface area contributed by atoms with Crippen molar-refractivity contribution in [3.63, 3.8) is 0 Å². The van der Waals surface area contributed by atoms with E-state index < -0.39 is 18.2 Å². The maximum atomic E-state index is 13.9. The van der Waals surface area contributed by atoms with Crippen LogP contribution in [0.25, 0.3) is 0 Å². The van der Waals surface area contributed by atoms with Gasteiger partial charge in [-0.25, -0.2) is 0 Å². The zero-order valence-electron chi connectivity index (χ0n) is 21.3. The van der Waals surface area contributed by atoms with Gasteiger partial charge in [-0.05, 0) is 83.9 Å². The first-order valence-corrected chi connectivity index (χ1v) is 14.5. The number of carbonyl (C=O) groups is 2. The first kappa shape index (κ1) is 27.2. The van der Waals surface area contributed by atoms with Crippen molar-refractivity contribution in [3.8, 4) is 5.75 Å². The number of aliphatic hydroxyl groups excluding tert-OH is 2. The summed E-state index contributed by atoms with van der Waals surface area (Å²) in [5.41, 5.74) is 1.25. The van der Waals surface area contributed by atoms with Crippen molar-refractivity contribution in [1.29, 1.82) is 0 Å². The minimum Gasteiger partial charge on any atom is -0.482 e. The molecule has 204 valence electrons. The third-order valence-corrected chi connectivity index (χ3v) is 9.18. The monoisotopic (exact) mass is 634 g/mol. The summed E-state index contributed by atoms with van der Waals surface area (Å²) in [7, 11) is 0. The molecule has 3 aliphatic rings. The van der Waals surface area contributed by atoms with Gasteiger partial charge < -0.3 is 29.6 Å². The SMILES string of the molecule is O=C(NCCO)C1=C[C@H](Oc2ccccc2I)[C@@H](O)[C@H](N(Cc2ccoc2)C(=O)CC2CC3CCC2C3)C1. The molecule has 1 aromatic heterocycles. The highest BCUT2D eigenvalue weighted by Crippen LogP contribution is 2.49. The Labute approximate surface area is 236 Å². The number of hydrogen-bond donors (Lipinski definition) is 3. The fraction of sp³-hybridized carbons (Fsp3) is 0.517. The lowest BCUT2D eigenvalue weighted by atomic mass is 9.84. The number of benzene rings is 1. The molecule has 0 saturated heterocycles. The van der Waals surface area contributed by atoms with Crippen LogP contribution >= 0.6 is 22.6 Å². The van der Waals surface area contributed by atoms with E-state index >= 15 is 0 Å². The number of ether oxygens (including phenoxy) is 1. The van der Waals surface area contributed by atoms with E-state index in [0.29, 0.717) is 29.6 Å². The summed E-state index contributed by atoms with van der Waals surface area (Å²) < 4.78 is 12.4. The number of halogens is 1. The van der Waals surface area contributed by atoms with Gasteiger partial charge in [-0.2, -0.15) is 0 Å². The van der Waals surface area contributed by atoms with Crippen LogP contribution in [0.4, 0.5) is 0 Å². The van der Waals surface area contributed by atoms with Gasteiger partial charge in [0, 0.05) is 37.1 Å². The topological polar surface area (TPSA) is 112 Å². The summed E-state index contributed by atoms with van der Waals surface area (Å²) in [6, 6.07) is 8.64. The fourth-order valence-electron chi connectivity index (χ4n) is 6.40. The first-order chi connectivity index (χ1) is 18.4. The van der Waals surface area contributed by atoms with E-state index in [4.69, 9.17) is 9.15 Å². The van der Waals surface area contributed by atoms with Crippen molar-refractivity contribution < 1.29 is 29.0 Å². The number of aliphatic hydroxyl groups is 2. The Morgan fingerprint density at radius 1 is 1.18 bits per heavy atom. The number of fused-ring (bicyclic) bond motifs is 2. The molecule has 0 aliphatic heterocycles. The van der Waals surface area contributed by atoms with Crippen LogP contribution in [0.1, 0.15) is 44.1 Å². The summed E-state index contributed by atoms with van der Waals surface area (Å²) in [6.45, 7) is 0.217. The Hall–Kier alpha value is -2.37. The van der Waals surface area contributed by atoms with Crippen molar-refractivity contribution >= 4 is 34.4 Å². The summed E-state index contributed by atoms with van der Waals surface area (Å²) in [5, 5.41) is 23.5. The quantitative estimate of drug-likeness (QED) is 0.344. The number of carbonyl (C=O) groups excluding carboxylic acids is 2. The lowest BCUT2D eigenvalue weighted by molar-refractivity contribution is -0.141. The van der Waals surface area contributed by atoms with Crippen molar-refractivity contribution in [3.05, 3.63) is 63.6 Å². The Morgan fingerprint density at radius 2 is 2.03 bits per heavy atom. The van der Waals surface area contributed by atoms with E-state index in [0.717, 1.165) is 21.5 Å². The second-order valence-corrected chi connectivity index (χ2v) is 11.9. The molecule has 2 amide bonds. The van der Waals surface area contributed by atoms with Gasteiger partial charge in [0.15, 0.2) is 0 Å². The van der Waals surface area contributed by atoms with Gasteiger partial charge in [-0.15, -0.1) is 0 Å². The molecule has 8 nitrogen and oxygen atoms in total. The zero-order chi connectivity index (χ0) is 26.6. The van der Waals surface area contributed by atoms with E-state index in [1.165, 1.54) is 19.3 Å². The Bertz CT molecular complexity index is 1150. The van der Waals surface area contributed by atoms with Gasteiger partial charge in [0.1, 0.15) is 18.0 Å². The summed E-state index contributed by atoms with van der Waals surface area (Å²) in [6.07, 6.45) is 8.35. The molecule has 1 aromatic carbocycles. The summed E-state index contributed by atoms with van der Waals surface area (Å²) in [4.78, 5) is 28.6. The number of para-hydroxylation sites is 1. The van der Waals surface area contributed by atoms with Crippen LogP contribution in [0.3, 0.4) is 0 Å². The molecule has 3 N–H and O–H groups in total. The predicted octanol–water partition coefficient (Wildman–Crippen LogP) is 3.65. The molecule has 2 bridgehead atoms. The molecule has 9 heteroatoms. The molecule has 0 spiro atoms.